The number of hydrogen-bond donors (Lipinski definition) is 2. The van der Waals surface area contributed by atoms with Gasteiger partial charge in [0.25, 0.3) is 11.5 Å². The van der Waals surface area contributed by atoms with Crippen LogP contribution in [0.1, 0.15) is 45.4 Å². The lowest BCUT2D eigenvalue weighted by atomic mass is 9.89. The third-order valence-corrected chi connectivity index (χ3v) is 8.92. The molecule has 1 aromatic carbocycles. The number of hydroxylamine groups is 1. The minimum Gasteiger partial charge on any atom is -0.315 e. The molecule has 1 aliphatic rings. The number of benzene rings is 1. The van der Waals surface area contributed by atoms with E-state index in [-0.39, 0.29) is 18.5 Å². The van der Waals surface area contributed by atoms with Crippen LogP contribution in [-0.4, -0.2) is 45.9 Å². The van der Waals surface area contributed by atoms with E-state index < -0.39 is 21.5 Å². The highest BCUT2D eigenvalue weighted by Crippen LogP contribution is 2.26. The molecule has 2 N–H and O–H groups in total. The summed E-state index contributed by atoms with van der Waals surface area (Å²) in [5.74, 6) is -0.0513. The van der Waals surface area contributed by atoms with E-state index in [9.17, 15) is 13.8 Å². The molecular formula is C26H33N5O4S. The van der Waals surface area contributed by atoms with E-state index in [1.54, 1.807) is 17.7 Å². The van der Waals surface area contributed by atoms with Crippen molar-refractivity contribution in [3.63, 3.8) is 0 Å². The van der Waals surface area contributed by atoms with E-state index in [1.807, 2.05) is 41.2 Å². The van der Waals surface area contributed by atoms with Gasteiger partial charge in [-0.1, -0.05) is 48.7 Å². The average molecular weight is 512 g/mol. The number of aromatic nitrogens is 4. The molecule has 2 heterocycles. The highest BCUT2D eigenvalue weighted by molar-refractivity contribution is 7.86. The minimum atomic E-state index is -1.53. The van der Waals surface area contributed by atoms with Crippen LogP contribution in [0.5, 0.6) is 0 Å². The number of aryl methyl sites for hydroxylation is 1. The van der Waals surface area contributed by atoms with Crippen LogP contribution < -0.4 is 11.0 Å². The summed E-state index contributed by atoms with van der Waals surface area (Å²) in [4.78, 5) is 24.7. The van der Waals surface area contributed by atoms with Crippen molar-refractivity contribution in [2.24, 2.45) is 5.92 Å². The molecule has 0 radical (unpaired) electrons. The molecule has 2 aromatic heterocycles. The first-order valence-corrected chi connectivity index (χ1v) is 13.9. The van der Waals surface area contributed by atoms with Gasteiger partial charge >= 0.3 is 0 Å². The monoisotopic (exact) mass is 511 g/mol. The summed E-state index contributed by atoms with van der Waals surface area (Å²) in [7, 11) is -1.53. The molecule has 36 heavy (non-hydrogen) atoms. The van der Waals surface area contributed by atoms with Gasteiger partial charge in [0.15, 0.2) is 0 Å². The number of carbonyl (C=O) groups is 1. The van der Waals surface area contributed by atoms with Crippen molar-refractivity contribution in [1.29, 1.82) is 0 Å². The predicted molar refractivity (Wildman–Crippen MR) is 139 cm³/mol. The summed E-state index contributed by atoms with van der Waals surface area (Å²) >= 11 is 0. The molecule has 0 saturated heterocycles. The van der Waals surface area contributed by atoms with E-state index in [4.69, 9.17) is 5.21 Å². The zero-order valence-corrected chi connectivity index (χ0v) is 21.5. The number of hydrogen-bond acceptors (Lipinski definition) is 6. The third-order valence-electron chi connectivity index (χ3n) is 7.26. The molecular weight excluding hydrogens is 478 g/mol. The van der Waals surface area contributed by atoms with Gasteiger partial charge < -0.3 is 4.57 Å². The molecule has 192 valence electrons. The van der Waals surface area contributed by atoms with Crippen LogP contribution in [0, 0.1) is 5.92 Å². The maximum atomic E-state index is 12.7. The lowest BCUT2D eigenvalue weighted by molar-refractivity contribution is -0.131. The van der Waals surface area contributed by atoms with E-state index in [0.29, 0.717) is 5.92 Å². The Labute approximate surface area is 213 Å². The van der Waals surface area contributed by atoms with E-state index in [0.717, 1.165) is 28.9 Å². The zero-order chi connectivity index (χ0) is 25.7. The molecule has 0 spiro atoms. The van der Waals surface area contributed by atoms with Crippen molar-refractivity contribution in [3.8, 4) is 22.4 Å². The van der Waals surface area contributed by atoms with Gasteiger partial charge in [0.1, 0.15) is 10.4 Å². The Morgan fingerprint density at radius 2 is 1.83 bits per heavy atom. The van der Waals surface area contributed by atoms with E-state index in [2.05, 4.69) is 10.3 Å². The predicted octanol–water partition coefficient (Wildman–Crippen LogP) is 3.39. The third kappa shape index (κ3) is 5.82. The Hall–Kier alpha value is -3.11. The van der Waals surface area contributed by atoms with Crippen molar-refractivity contribution in [2.75, 3.05) is 6.26 Å². The maximum absolute atomic E-state index is 12.7. The SMILES string of the molecule is CS(=O)C(C)(CCn1ccc(-c2ccc(-c3cn(CC4CCCCC4)nn3)cc2)cc1=O)C(=O)NO. The molecule has 4 rings (SSSR count). The summed E-state index contributed by atoms with van der Waals surface area (Å²) < 4.78 is 14.2. The molecule has 2 atom stereocenters. The fourth-order valence-electron chi connectivity index (χ4n) is 4.70. The van der Waals surface area contributed by atoms with E-state index in [1.165, 1.54) is 49.9 Å². The van der Waals surface area contributed by atoms with Crippen LogP contribution in [0.15, 0.2) is 53.6 Å². The van der Waals surface area contributed by atoms with Gasteiger partial charge in [-0.2, -0.15) is 0 Å². The molecule has 9 nitrogen and oxygen atoms in total. The quantitative estimate of drug-likeness (QED) is 0.336. The standard InChI is InChI=1S/C26H33N5O4S/c1-26(36(2)35,25(33)28-34)13-15-30-14-12-22(16-24(30)32)20-8-10-21(11-9-20)23-18-31(29-27-23)17-19-6-4-3-5-7-19/h8-12,14,16,18-19,34H,3-7,13,15,17H2,1-2H3,(H,28,33). The second-order valence-electron chi connectivity index (χ2n) is 9.73. The average Bonchev–Trinajstić information content (AvgIpc) is 3.36. The van der Waals surface area contributed by atoms with Gasteiger partial charge in [-0.25, -0.2) is 5.48 Å². The summed E-state index contributed by atoms with van der Waals surface area (Å²) in [5, 5.41) is 17.6. The first-order chi connectivity index (χ1) is 17.3. The van der Waals surface area contributed by atoms with Crippen LogP contribution in [-0.2, 0) is 28.7 Å². The largest absolute Gasteiger partial charge is 0.315 e. The second-order valence-corrected chi connectivity index (χ2v) is 11.5. The summed E-state index contributed by atoms with van der Waals surface area (Å²) in [6.07, 6.45) is 11.7. The number of rotatable bonds is 9. The van der Waals surface area contributed by atoms with Crippen molar-refractivity contribution < 1.29 is 14.2 Å². The van der Waals surface area contributed by atoms with Gasteiger partial charge in [0, 0.05) is 48.0 Å². The number of pyridine rings is 1. The molecule has 0 aliphatic heterocycles. The van der Waals surface area contributed by atoms with Crippen LogP contribution >= 0.6 is 0 Å². The molecule has 0 bridgehead atoms. The topological polar surface area (TPSA) is 119 Å². The first kappa shape index (κ1) is 26.0. The molecule has 10 heteroatoms. The fourth-order valence-corrected chi connectivity index (χ4v) is 5.38. The van der Waals surface area contributed by atoms with Crippen molar-refractivity contribution in [3.05, 3.63) is 59.1 Å². The van der Waals surface area contributed by atoms with Crippen LogP contribution in [0.2, 0.25) is 0 Å². The van der Waals surface area contributed by atoms with Gasteiger partial charge in [0.2, 0.25) is 0 Å². The highest BCUT2D eigenvalue weighted by atomic mass is 32.2. The number of nitrogens with zero attached hydrogens (tertiary/aromatic N) is 4. The lowest BCUT2D eigenvalue weighted by Gasteiger charge is -2.24. The maximum Gasteiger partial charge on any atom is 0.261 e. The van der Waals surface area contributed by atoms with Crippen molar-refractivity contribution in [1.82, 2.24) is 25.0 Å². The molecule has 2 unspecified atom stereocenters. The Bertz CT molecular complexity index is 1280. The van der Waals surface area contributed by atoms with Crippen LogP contribution in [0.4, 0.5) is 0 Å². The Kier molecular flexibility index (Phi) is 8.15. The van der Waals surface area contributed by atoms with Crippen LogP contribution in [0.25, 0.3) is 22.4 Å². The molecule has 1 amide bonds. The summed E-state index contributed by atoms with van der Waals surface area (Å²) in [5.41, 5.74) is 4.82. The smallest absolute Gasteiger partial charge is 0.261 e. The van der Waals surface area contributed by atoms with Gasteiger partial charge in [0.05, 0.1) is 6.20 Å². The van der Waals surface area contributed by atoms with Gasteiger partial charge in [-0.3, -0.25) is 23.7 Å². The van der Waals surface area contributed by atoms with E-state index >= 15 is 0 Å². The van der Waals surface area contributed by atoms with Crippen molar-refractivity contribution in [2.45, 2.75) is 63.3 Å². The number of amides is 1. The molecule has 1 fully saturated rings. The lowest BCUT2D eigenvalue weighted by Crippen LogP contribution is -2.47. The second kappa shape index (κ2) is 11.3. The Morgan fingerprint density at radius 3 is 2.47 bits per heavy atom. The Balaban J connectivity index is 1.43. The Morgan fingerprint density at radius 1 is 1.14 bits per heavy atom. The van der Waals surface area contributed by atoms with Crippen LogP contribution in [0.3, 0.4) is 0 Å². The minimum absolute atomic E-state index is 0.137. The highest BCUT2D eigenvalue weighted by Gasteiger charge is 2.37. The fraction of sp³-hybridized carbons (Fsp3) is 0.462. The molecule has 1 aliphatic carbocycles. The molecule has 1 saturated carbocycles. The summed E-state index contributed by atoms with van der Waals surface area (Å²) in [6.45, 7) is 2.61. The summed E-state index contributed by atoms with van der Waals surface area (Å²) in [6, 6.07) is 11.2. The molecule has 3 aromatic rings. The number of carbonyl (C=O) groups excluding carboxylic acids is 1. The zero-order valence-electron chi connectivity index (χ0n) is 20.7. The first-order valence-electron chi connectivity index (χ1n) is 12.3. The van der Waals surface area contributed by atoms with Gasteiger partial charge in [-0.15, -0.1) is 5.10 Å². The van der Waals surface area contributed by atoms with Crippen molar-refractivity contribution >= 4 is 16.7 Å². The normalized spacial score (nSPS) is 16.9. The van der Waals surface area contributed by atoms with Gasteiger partial charge in [-0.05, 0) is 49.3 Å². The number of nitrogens with one attached hydrogen (secondary N) is 1.